The molecule has 0 aliphatic carbocycles. The van der Waals surface area contributed by atoms with Crippen LogP contribution in [0.2, 0.25) is 0 Å². The van der Waals surface area contributed by atoms with Crippen LogP contribution in [0, 0.1) is 0 Å². The number of carbonyl (C=O) groups is 1. The van der Waals surface area contributed by atoms with E-state index >= 15 is 0 Å². The summed E-state index contributed by atoms with van der Waals surface area (Å²) >= 11 is 0. The number of hydrogen-bond donors (Lipinski definition) is 0. The van der Waals surface area contributed by atoms with Gasteiger partial charge in [0.25, 0.3) is 0 Å². The zero-order valence-electron chi connectivity index (χ0n) is 9.86. The maximum atomic E-state index is 12.0. The summed E-state index contributed by atoms with van der Waals surface area (Å²) in [5.41, 5.74) is 1.28. The molecule has 0 aromatic heterocycles. The normalized spacial score (nSPS) is 20.1. The lowest BCUT2D eigenvalue weighted by Gasteiger charge is -2.25. The first-order valence-electron chi connectivity index (χ1n) is 6.17. The van der Waals surface area contributed by atoms with Crippen LogP contribution in [0.1, 0.15) is 44.2 Å². The van der Waals surface area contributed by atoms with Crippen molar-refractivity contribution in [2.24, 2.45) is 0 Å². The first-order chi connectivity index (χ1) is 7.83. The van der Waals surface area contributed by atoms with Gasteiger partial charge in [-0.2, -0.15) is 0 Å². The van der Waals surface area contributed by atoms with E-state index in [4.69, 9.17) is 0 Å². The summed E-state index contributed by atoms with van der Waals surface area (Å²) in [6, 6.07) is 10.7. The molecule has 1 fully saturated rings. The van der Waals surface area contributed by atoms with E-state index in [1.165, 1.54) is 5.56 Å². The summed E-state index contributed by atoms with van der Waals surface area (Å²) in [6.45, 7) is 2.99. The molecule has 0 N–H and O–H groups in total. The van der Waals surface area contributed by atoms with Gasteiger partial charge in [-0.15, -0.1) is 0 Å². The largest absolute Gasteiger partial charge is 0.336 e. The van der Waals surface area contributed by atoms with E-state index < -0.39 is 0 Å². The molecule has 1 aliphatic heterocycles. The first kappa shape index (κ1) is 11.2. The van der Waals surface area contributed by atoms with E-state index in [1.54, 1.807) is 0 Å². The molecule has 0 saturated carbocycles. The quantitative estimate of drug-likeness (QED) is 0.761. The van der Waals surface area contributed by atoms with E-state index in [1.807, 2.05) is 6.07 Å². The van der Waals surface area contributed by atoms with Crippen molar-refractivity contribution in [3.8, 4) is 0 Å². The van der Waals surface area contributed by atoms with Gasteiger partial charge in [-0.05, 0) is 24.8 Å². The van der Waals surface area contributed by atoms with Gasteiger partial charge in [0.15, 0.2) is 0 Å². The lowest BCUT2D eigenvalue weighted by atomic mass is 10.0. The Balaban J connectivity index is 2.12. The van der Waals surface area contributed by atoms with Gasteiger partial charge in [-0.1, -0.05) is 37.3 Å². The van der Waals surface area contributed by atoms with Crippen molar-refractivity contribution in [3.05, 3.63) is 35.9 Å². The van der Waals surface area contributed by atoms with Crippen LogP contribution < -0.4 is 0 Å². The molecule has 1 atom stereocenters. The molecular weight excluding hydrogens is 198 g/mol. The molecule has 1 amide bonds. The van der Waals surface area contributed by atoms with Gasteiger partial charge >= 0.3 is 0 Å². The zero-order chi connectivity index (χ0) is 11.4. The Bertz CT molecular complexity index is 347. The summed E-state index contributed by atoms with van der Waals surface area (Å²) in [5.74, 6) is 0.314. The molecule has 2 heteroatoms. The summed E-state index contributed by atoms with van der Waals surface area (Å²) in [6.07, 6.45) is 3.87. The summed E-state index contributed by atoms with van der Waals surface area (Å²) in [7, 11) is 0. The highest BCUT2D eigenvalue weighted by Gasteiger charge is 2.28. The maximum absolute atomic E-state index is 12.0. The second kappa shape index (κ2) is 5.15. The minimum absolute atomic E-state index is 0.314. The van der Waals surface area contributed by atoms with Crippen molar-refractivity contribution in [1.82, 2.24) is 4.90 Å². The summed E-state index contributed by atoms with van der Waals surface area (Å²) < 4.78 is 0. The summed E-state index contributed by atoms with van der Waals surface area (Å²) in [5, 5.41) is 0. The second-order valence-corrected chi connectivity index (χ2v) is 4.41. The third kappa shape index (κ3) is 2.26. The molecule has 1 aliphatic rings. The van der Waals surface area contributed by atoms with Crippen molar-refractivity contribution in [2.75, 3.05) is 6.54 Å². The average Bonchev–Trinajstić information content (AvgIpc) is 2.79. The molecule has 0 spiro atoms. The van der Waals surface area contributed by atoms with E-state index in [9.17, 15) is 4.79 Å². The molecule has 1 aromatic rings. The van der Waals surface area contributed by atoms with E-state index in [2.05, 4.69) is 36.1 Å². The second-order valence-electron chi connectivity index (χ2n) is 4.41. The smallest absolute Gasteiger partial charge is 0.223 e. The molecule has 1 unspecified atom stereocenters. The number of rotatable bonds is 3. The van der Waals surface area contributed by atoms with Crippen molar-refractivity contribution in [3.63, 3.8) is 0 Å². The van der Waals surface area contributed by atoms with Gasteiger partial charge in [0.1, 0.15) is 0 Å². The highest BCUT2D eigenvalue weighted by Crippen LogP contribution is 2.32. The standard InChI is InChI=1S/C14H19NO/c1-2-7-14(16)15-11-6-10-13(15)12-8-4-3-5-9-12/h3-5,8-9,13H,2,6-7,10-11H2,1H3. The van der Waals surface area contributed by atoms with E-state index in [-0.39, 0.29) is 0 Å². The molecule has 2 rings (SSSR count). The monoisotopic (exact) mass is 217 g/mol. The Morgan fingerprint density at radius 1 is 1.38 bits per heavy atom. The van der Waals surface area contributed by atoms with Crippen LogP contribution in [-0.4, -0.2) is 17.4 Å². The summed E-state index contributed by atoms with van der Waals surface area (Å²) in [4.78, 5) is 14.0. The van der Waals surface area contributed by atoms with Crippen LogP contribution in [0.5, 0.6) is 0 Å². The Kier molecular flexibility index (Phi) is 3.60. The minimum Gasteiger partial charge on any atom is -0.336 e. The SMILES string of the molecule is CCCC(=O)N1CCCC1c1ccccc1. The molecule has 0 bridgehead atoms. The van der Waals surface area contributed by atoms with Crippen molar-refractivity contribution in [1.29, 1.82) is 0 Å². The number of likely N-dealkylation sites (tertiary alicyclic amines) is 1. The zero-order valence-corrected chi connectivity index (χ0v) is 9.86. The van der Waals surface area contributed by atoms with E-state index in [0.717, 1.165) is 25.8 Å². The van der Waals surface area contributed by atoms with Gasteiger partial charge in [0, 0.05) is 13.0 Å². The topological polar surface area (TPSA) is 20.3 Å². The van der Waals surface area contributed by atoms with Crippen LogP contribution in [-0.2, 0) is 4.79 Å². The molecule has 1 aromatic carbocycles. The Labute approximate surface area is 97.3 Å². The molecule has 86 valence electrons. The number of benzene rings is 1. The Morgan fingerprint density at radius 3 is 2.81 bits per heavy atom. The lowest BCUT2D eigenvalue weighted by Crippen LogP contribution is -2.30. The maximum Gasteiger partial charge on any atom is 0.223 e. The van der Waals surface area contributed by atoms with Gasteiger partial charge < -0.3 is 4.90 Å². The fourth-order valence-corrected chi connectivity index (χ4v) is 2.44. The van der Waals surface area contributed by atoms with Crippen LogP contribution in [0.3, 0.4) is 0 Å². The predicted octanol–water partition coefficient (Wildman–Crippen LogP) is 3.15. The number of hydrogen-bond acceptors (Lipinski definition) is 1. The fraction of sp³-hybridized carbons (Fsp3) is 0.500. The van der Waals surface area contributed by atoms with Crippen LogP contribution in [0.25, 0.3) is 0 Å². The third-order valence-corrected chi connectivity index (χ3v) is 3.22. The average molecular weight is 217 g/mol. The third-order valence-electron chi connectivity index (χ3n) is 3.22. The molecule has 1 saturated heterocycles. The van der Waals surface area contributed by atoms with E-state index in [0.29, 0.717) is 18.4 Å². The van der Waals surface area contributed by atoms with Crippen molar-refractivity contribution in [2.45, 2.75) is 38.6 Å². The molecular formula is C14H19NO. The molecule has 16 heavy (non-hydrogen) atoms. The van der Waals surface area contributed by atoms with Gasteiger partial charge in [0.05, 0.1) is 6.04 Å². The fourth-order valence-electron chi connectivity index (χ4n) is 2.44. The van der Waals surface area contributed by atoms with Crippen molar-refractivity contribution < 1.29 is 4.79 Å². The molecule has 1 heterocycles. The minimum atomic E-state index is 0.314. The molecule has 2 nitrogen and oxygen atoms in total. The molecule has 0 radical (unpaired) electrons. The highest BCUT2D eigenvalue weighted by atomic mass is 16.2. The highest BCUT2D eigenvalue weighted by molar-refractivity contribution is 5.77. The van der Waals surface area contributed by atoms with Gasteiger partial charge in [-0.25, -0.2) is 0 Å². The lowest BCUT2D eigenvalue weighted by molar-refractivity contribution is -0.132. The van der Waals surface area contributed by atoms with Crippen LogP contribution >= 0.6 is 0 Å². The van der Waals surface area contributed by atoms with Gasteiger partial charge in [-0.3, -0.25) is 4.79 Å². The van der Waals surface area contributed by atoms with Crippen LogP contribution in [0.4, 0.5) is 0 Å². The Morgan fingerprint density at radius 2 is 2.12 bits per heavy atom. The number of nitrogens with zero attached hydrogens (tertiary/aromatic N) is 1. The van der Waals surface area contributed by atoms with Crippen molar-refractivity contribution >= 4 is 5.91 Å². The van der Waals surface area contributed by atoms with Crippen LogP contribution in [0.15, 0.2) is 30.3 Å². The Hall–Kier alpha value is -1.31. The van der Waals surface area contributed by atoms with Gasteiger partial charge in [0.2, 0.25) is 5.91 Å². The first-order valence-corrected chi connectivity index (χ1v) is 6.17. The number of amides is 1. The predicted molar refractivity (Wildman–Crippen MR) is 65.0 cm³/mol. The number of carbonyl (C=O) groups excluding carboxylic acids is 1.